The van der Waals surface area contributed by atoms with E-state index >= 15 is 0 Å². The molecule has 0 spiro atoms. The summed E-state index contributed by atoms with van der Waals surface area (Å²) in [5.41, 5.74) is 2.18. The van der Waals surface area contributed by atoms with Crippen LogP contribution in [0.1, 0.15) is 32.3 Å². The first-order chi connectivity index (χ1) is 13.9. The van der Waals surface area contributed by atoms with Gasteiger partial charge in [-0.05, 0) is 43.2 Å². The van der Waals surface area contributed by atoms with Crippen molar-refractivity contribution in [3.8, 4) is 5.75 Å². The molecule has 0 aromatic heterocycles. The van der Waals surface area contributed by atoms with E-state index in [0.29, 0.717) is 59.8 Å². The Balaban J connectivity index is 2.03. The molecular formula is C21H24Cl2N2O4. The summed E-state index contributed by atoms with van der Waals surface area (Å²) in [6.45, 7) is 4.41. The lowest BCUT2D eigenvalue weighted by atomic mass is 10.2. The fourth-order valence-corrected chi connectivity index (χ4v) is 3.03. The van der Waals surface area contributed by atoms with Crippen LogP contribution in [0.4, 0.5) is 11.4 Å². The van der Waals surface area contributed by atoms with Crippen molar-refractivity contribution in [1.82, 2.24) is 0 Å². The normalized spacial score (nSPS) is 10.3. The number of carbonyl (C=O) groups is 2. The van der Waals surface area contributed by atoms with Crippen molar-refractivity contribution in [3.05, 3.63) is 52.0 Å². The summed E-state index contributed by atoms with van der Waals surface area (Å²) in [5.74, 6) is 0.202. The van der Waals surface area contributed by atoms with E-state index in [0.717, 1.165) is 5.56 Å². The van der Waals surface area contributed by atoms with E-state index < -0.39 is 0 Å². The maximum atomic E-state index is 11.5. The summed E-state index contributed by atoms with van der Waals surface area (Å²) in [4.78, 5) is 22.9. The van der Waals surface area contributed by atoms with Gasteiger partial charge in [0, 0.05) is 36.0 Å². The number of anilines is 2. The van der Waals surface area contributed by atoms with E-state index in [1.165, 1.54) is 6.92 Å². The summed E-state index contributed by atoms with van der Waals surface area (Å²) in [5, 5.41) is 7.17. The minimum Gasteiger partial charge on any atom is -0.494 e. The highest BCUT2D eigenvalue weighted by molar-refractivity contribution is 6.35. The standard InChI is InChI=1S/C21H24Cl2N2O4/c1-3-28-21(27)5-4-10-29-17-8-9-19(25-14(2)26)20(12-17)24-13-15-6-7-16(22)11-18(15)23/h6-9,11-12,24H,3-5,10,13H2,1-2H3,(H,25,26). The van der Waals surface area contributed by atoms with Gasteiger partial charge in [0.2, 0.25) is 5.91 Å². The van der Waals surface area contributed by atoms with Gasteiger partial charge in [-0.1, -0.05) is 29.3 Å². The van der Waals surface area contributed by atoms with Gasteiger partial charge in [-0.2, -0.15) is 0 Å². The molecule has 0 aliphatic rings. The van der Waals surface area contributed by atoms with Crippen LogP contribution in [0.25, 0.3) is 0 Å². The van der Waals surface area contributed by atoms with Crippen molar-refractivity contribution in [2.24, 2.45) is 0 Å². The molecule has 2 N–H and O–H groups in total. The summed E-state index contributed by atoms with van der Waals surface area (Å²) in [7, 11) is 0. The first kappa shape index (κ1) is 22.8. The number of hydrogen-bond donors (Lipinski definition) is 2. The zero-order chi connectivity index (χ0) is 21.2. The van der Waals surface area contributed by atoms with Crippen molar-refractivity contribution in [2.45, 2.75) is 33.2 Å². The third kappa shape index (κ3) is 7.83. The minimum atomic E-state index is -0.237. The lowest BCUT2D eigenvalue weighted by Crippen LogP contribution is -2.10. The molecule has 0 heterocycles. The van der Waals surface area contributed by atoms with Gasteiger partial charge in [0.1, 0.15) is 5.75 Å². The second kappa shape index (κ2) is 11.5. The van der Waals surface area contributed by atoms with E-state index in [-0.39, 0.29) is 11.9 Å². The molecule has 0 unspecified atom stereocenters. The Labute approximate surface area is 180 Å². The summed E-state index contributed by atoms with van der Waals surface area (Å²) in [6, 6.07) is 10.6. The predicted molar refractivity (Wildman–Crippen MR) is 116 cm³/mol. The molecule has 1 amide bonds. The molecule has 0 radical (unpaired) electrons. The van der Waals surface area contributed by atoms with Crippen LogP contribution in [0.3, 0.4) is 0 Å². The number of esters is 1. The number of hydrogen-bond acceptors (Lipinski definition) is 5. The molecule has 2 aromatic rings. The Bertz CT molecular complexity index is 859. The molecule has 0 aliphatic carbocycles. The molecule has 0 bridgehead atoms. The van der Waals surface area contributed by atoms with E-state index in [1.807, 2.05) is 6.07 Å². The van der Waals surface area contributed by atoms with E-state index in [2.05, 4.69) is 10.6 Å². The molecule has 0 atom stereocenters. The summed E-state index contributed by atoms with van der Waals surface area (Å²) in [6.07, 6.45) is 0.855. The predicted octanol–water partition coefficient (Wildman–Crippen LogP) is 5.29. The van der Waals surface area contributed by atoms with Crippen LogP contribution in [0.15, 0.2) is 36.4 Å². The highest BCUT2D eigenvalue weighted by atomic mass is 35.5. The van der Waals surface area contributed by atoms with Crippen LogP contribution in [0.2, 0.25) is 10.0 Å². The molecule has 29 heavy (non-hydrogen) atoms. The first-order valence-electron chi connectivity index (χ1n) is 9.27. The number of benzene rings is 2. The maximum Gasteiger partial charge on any atom is 0.305 e. The number of rotatable bonds is 10. The van der Waals surface area contributed by atoms with Crippen LogP contribution in [0, 0.1) is 0 Å². The van der Waals surface area contributed by atoms with E-state index in [4.69, 9.17) is 32.7 Å². The summed E-state index contributed by atoms with van der Waals surface area (Å²) >= 11 is 12.2. The van der Waals surface area contributed by atoms with Crippen LogP contribution in [-0.2, 0) is 20.9 Å². The molecule has 156 valence electrons. The SMILES string of the molecule is CCOC(=O)CCCOc1ccc(NC(C)=O)c(NCc2ccc(Cl)cc2Cl)c1. The Morgan fingerprint density at radius 1 is 1.07 bits per heavy atom. The zero-order valence-corrected chi connectivity index (χ0v) is 17.9. The molecule has 0 aliphatic heterocycles. The van der Waals surface area contributed by atoms with Gasteiger partial charge in [-0.3, -0.25) is 9.59 Å². The molecule has 0 saturated carbocycles. The fourth-order valence-electron chi connectivity index (χ4n) is 2.55. The summed E-state index contributed by atoms with van der Waals surface area (Å²) < 4.78 is 10.6. The van der Waals surface area contributed by atoms with E-state index in [1.54, 1.807) is 37.3 Å². The van der Waals surface area contributed by atoms with Crippen molar-refractivity contribution < 1.29 is 19.1 Å². The van der Waals surface area contributed by atoms with Gasteiger partial charge in [0.25, 0.3) is 0 Å². The quantitative estimate of drug-likeness (QED) is 0.389. The number of amides is 1. The van der Waals surface area contributed by atoms with Crippen LogP contribution in [0.5, 0.6) is 5.75 Å². The number of nitrogens with one attached hydrogen (secondary N) is 2. The van der Waals surface area contributed by atoms with Crippen molar-refractivity contribution in [2.75, 3.05) is 23.8 Å². The zero-order valence-electron chi connectivity index (χ0n) is 16.4. The molecule has 2 aromatic carbocycles. The molecule has 6 nitrogen and oxygen atoms in total. The highest BCUT2D eigenvalue weighted by Gasteiger charge is 2.09. The maximum absolute atomic E-state index is 11.5. The number of carbonyl (C=O) groups excluding carboxylic acids is 2. The Hall–Kier alpha value is -2.44. The lowest BCUT2D eigenvalue weighted by Gasteiger charge is -2.15. The van der Waals surface area contributed by atoms with Crippen molar-refractivity contribution in [3.63, 3.8) is 0 Å². The van der Waals surface area contributed by atoms with Gasteiger partial charge in [0.05, 0.1) is 24.6 Å². The van der Waals surface area contributed by atoms with Gasteiger partial charge < -0.3 is 20.1 Å². The molecular weight excluding hydrogens is 415 g/mol. The molecule has 0 fully saturated rings. The minimum absolute atomic E-state index is 0.180. The first-order valence-corrected chi connectivity index (χ1v) is 10.0. The van der Waals surface area contributed by atoms with E-state index in [9.17, 15) is 9.59 Å². The second-order valence-electron chi connectivity index (χ2n) is 6.23. The fraction of sp³-hybridized carbons (Fsp3) is 0.333. The Morgan fingerprint density at radius 3 is 2.55 bits per heavy atom. The van der Waals surface area contributed by atoms with Gasteiger partial charge in [-0.25, -0.2) is 0 Å². The third-order valence-corrected chi connectivity index (χ3v) is 4.47. The highest BCUT2D eigenvalue weighted by Crippen LogP contribution is 2.29. The van der Waals surface area contributed by atoms with Gasteiger partial charge in [-0.15, -0.1) is 0 Å². The van der Waals surface area contributed by atoms with Crippen molar-refractivity contribution in [1.29, 1.82) is 0 Å². The van der Waals surface area contributed by atoms with Crippen LogP contribution >= 0.6 is 23.2 Å². The number of ether oxygens (including phenoxy) is 2. The third-order valence-electron chi connectivity index (χ3n) is 3.89. The van der Waals surface area contributed by atoms with Gasteiger partial charge in [0.15, 0.2) is 0 Å². The molecule has 0 saturated heterocycles. The number of halogens is 2. The smallest absolute Gasteiger partial charge is 0.305 e. The lowest BCUT2D eigenvalue weighted by molar-refractivity contribution is -0.143. The molecule has 8 heteroatoms. The van der Waals surface area contributed by atoms with Crippen LogP contribution < -0.4 is 15.4 Å². The Morgan fingerprint density at radius 2 is 1.86 bits per heavy atom. The average molecular weight is 439 g/mol. The molecule has 2 rings (SSSR count). The monoisotopic (exact) mass is 438 g/mol. The topological polar surface area (TPSA) is 76.7 Å². The largest absolute Gasteiger partial charge is 0.494 e. The van der Waals surface area contributed by atoms with Crippen molar-refractivity contribution >= 4 is 46.5 Å². The average Bonchev–Trinajstić information content (AvgIpc) is 2.66. The Kier molecular flexibility index (Phi) is 9.09. The van der Waals surface area contributed by atoms with Crippen LogP contribution in [-0.4, -0.2) is 25.1 Å². The second-order valence-corrected chi connectivity index (χ2v) is 7.08. The van der Waals surface area contributed by atoms with Gasteiger partial charge >= 0.3 is 5.97 Å².